The van der Waals surface area contributed by atoms with E-state index < -0.39 is 0 Å². The van der Waals surface area contributed by atoms with Crippen molar-refractivity contribution in [3.8, 4) is 0 Å². The molecule has 0 saturated heterocycles. The number of hydrogen-bond acceptors (Lipinski definition) is 5. The van der Waals surface area contributed by atoms with Gasteiger partial charge in [-0.2, -0.15) is 0 Å². The minimum atomic E-state index is -0.129. The lowest BCUT2D eigenvalue weighted by Crippen LogP contribution is -2.06. The van der Waals surface area contributed by atoms with Crippen LogP contribution in [-0.2, 0) is 4.79 Å². The van der Waals surface area contributed by atoms with Gasteiger partial charge < -0.3 is 5.32 Å². The maximum absolute atomic E-state index is 12.2. The molecule has 1 N–H and O–H groups in total. The minimum Gasteiger partial charge on any atom is -0.326 e. The molecule has 116 valence electrons. The fourth-order valence-electron chi connectivity index (χ4n) is 2.07. The number of amides is 1. The summed E-state index contributed by atoms with van der Waals surface area (Å²) in [6.07, 6.45) is 0. The Balaban J connectivity index is 1.63. The number of hydrogen-bond donors (Lipinski definition) is 1. The van der Waals surface area contributed by atoms with Crippen LogP contribution >= 0.6 is 23.1 Å². The van der Waals surface area contributed by atoms with Crippen LogP contribution in [0, 0.1) is 0 Å². The van der Waals surface area contributed by atoms with Crippen LogP contribution in [0.25, 0.3) is 10.2 Å². The average molecular weight is 342 g/mol. The number of carbonyl (C=O) groups is 2. The molecule has 3 rings (SSSR count). The lowest BCUT2D eigenvalue weighted by molar-refractivity contribution is -0.114. The van der Waals surface area contributed by atoms with Crippen molar-refractivity contribution in [2.75, 3.05) is 11.1 Å². The Morgan fingerprint density at radius 2 is 1.87 bits per heavy atom. The zero-order chi connectivity index (χ0) is 16.2. The molecule has 6 heteroatoms. The fourth-order valence-corrected chi connectivity index (χ4v) is 4.03. The van der Waals surface area contributed by atoms with Crippen LogP contribution in [0.15, 0.2) is 52.9 Å². The lowest BCUT2D eigenvalue weighted by atomic mass is 10.1. The standard InChI is InChI=1S/C17H14N2O2S2/c1-11(20)18-13-8-6-12(7-9-13)15(21)10-22-17-19-14-4-2-3-5-16(14)23-17/h2-9H,10H2,1H3,(H,18,20). The van der Waals surface area contributed by atoms with Crippen molar-refractivity contribution in [3.05, 3.63) is 54.1 Å². The van der Waals surface area contributed by atoms with Gasteiger partial charge in [0.2, 0.25) is 5.91 Å². The van der Waals surface area contributed by atoms with Gasteiger partial charge in [0.25, 0.3) is 0 Å². The van der Waals surface area contributed by atoms with Gasteiger partial charge in [0.15, 0.2) is 10.1 Å². The molecular weight excluding hydrogens is 328 g/mol. The van der Waals surface area contributed by atoms with Crippen LogP contribution in [0.4, 0.5) is 5.69 Å². The maximum Gasteiger partial charge on any atom is 0.221 e. The number of aromatic nitrogens is 1. The van der Waals surface area contributed by atoms with E-state index in [0.29, 0.717) is 17.0 Å². The Hall–Kier alpha value is -2.18. The quantitative estimate of drug-likeness (QED) is 0.557. The van der Waals surface area contributed by atoms with Gasteiger partial charge in [0, 0.05) is 18.2 Å². The predicted molar refractivity (Wildman–Crippen MR) is 95.4 cm³/mol. The number of para-hydroxylation sites is 1. The summed E-state index contributed by atoms with van der Waals surface area (Å²) in [7, 11) is 0. The Morgan fingerprint density at radius 3 is 2.57 bits per heavy atom. The Kier molecular flexibility index (Phi) is 4.73. The molecule has 0 saturated carbocycles. The Bertz CT molecular complexity index is 823. The van der Waals surface area contributed by atoms with E-state index in [1.54, 1.807) is 35.6 Å². The van der Waals surface area contributed by atoms with E-state index in [1.165, 1.54) is 18.7 Å². The van der Waals surface area contributed by atoms with E-state index in [2.05, 4.69) is 10.3 Å². The number of fused-ring (bicyclic) bond motifs is 1. The smallest absolute Gasteiger partial charge is 0.221 e. The van der Waals surface area contributed by atoms with Crippen LogP contribution in [0.3, 0.4) is 0 Å². The average Bonchev–Trinajstić information content (AvgIpc) is 2.95. The highest BCUT2D eigenvalue weighted by Gasteiger charge is 2.10. The number of Topliss-reactive ketones (excluding diaryl/α,β-unsaturated/α-hetero) is 1. The topological polar surface area (TPSA) is 59.1 Å². The molecule has 3 aromatic rings. The van der Waals surface area contributed by atoms with Gasteiger partial charge in [0.05, 0.1) is 16.0 Å². The number of nitrogens with zero attached hydrogens (tertiary/aromatic N) is 1. The summed E-state index contributed by atoms with van der Waals surface area (Å²) in [6.45, 7) is 1.45. The first kappa shape index (κ1) is 15.7. The normalized spacial score (nSPS) is 10.7. The fraction of sp³-hybridized carbons (Fsp3) is 0.118. The predicted octanol–water partition coefficient (Wildman–Crippen LogP) is 4.23. The summed E-state index contributed by atoms with van der Waals surface area (Å²) in [5, 5.41) is 2.68. The summed E-state index contributed by atoms with van der Waals surface area (Å²) in [6, 6.07) is 14.9. The number of thioether (sulfide) groups is 1. The molecule has 2 aromatic carbocycles. The van der Waals surface area contributed by atoms with Gasteiger partial charge in [-0.15, -0.1) is 11.3 Å². The third-order valence-corrected chi connectivity index (χ3v) is 5.31. The summed E-state index contributed by atoms with van der Waals surface area (Å²) in [5.41, 5.74) is 2.28. The second kappa shape index (κ2) is 6.93. The molecule has 0 aliphatic rings. The van der Waals surface area contributed by atoms with E-state index in [9.17, 15) is 9.59 Å². The first-order valence-corrected chi connectivity index (χ1v) is 8.81. The molecule has 1 amide bonds. The molecule has 0 aliphatic carbocycles. The SMILES string of the molecule is CC(=O)Nc1ccc(C(=O)CSc2nc3ccccc3s2)cc1. The van der Waals surface area contributed by atoms with Crippen LogP contribution in [0.5, 0.6) is 0 Å². The van der Waals surface area contributed by atoms with Crippen molar-refractivity contribution in [1.82, 2.24) is 4.98 Å². The highest BCUT2D eigenvalue weighted by molar-refractivity contribution is 8.01. The van der Waals surface area contributed by atoms with E-state index in [-0.39, 0.29) is 11.7 Å². The lowest BCUT2D eigenvalue weighted by Gasteiger charge is -2.03. The zero-order valence-electron chi connectivity index (χ0n) is 12.4. The van der Waals surface area contributed by atoms with Crippen LogP contribution in [0.1, 0.15) is 17.3 Å². The maximum atomic E-state index is 12.2. The third kappa shape index (κ3) is 3.97. The molecule has 0 unspecified atom stereocenters. The van der Waals surface area contributed by atoms with Crippen LogP contribution < -0.4 is 5.32 Å². The van der Waals surface area contributed by atoms with E-state index in [0.717, 1.165) is 14.6 Å². The van der Waals surface area contributed by atoms with Crippen molar-refractivity contribution in [2.24, 2.45) is 0 Å². The van der Waals surface area contributed by atoms with E-state index >= 15 is 0 Å². The molecule has 23 heavy (non-hydrogen) atoms. The largest absolute Gasteiger partial charge is 0.326 e. The van der Waals surface area contributed by atoms with Crippen molar-refractivity contribution >= 4 is 50.7 Å². The van der Waals surface area contributed by atoms with Crippen LogP contribution in [-0.4, -0.2) is 22.4 Å². The second-order valence-corrected chi connectivity index (χ2v) is 7.17. The summed E-state index contributed by atoms with van der Waals surface area (Å²) in [4.78, 5) is 27.7. The number of benzene rings is 2. The molecule has 4 nitrogen and oxygen atoms in total. The summed E-state index contributed by atoms with van der Waals surface area (Å²) in [5.74, 6) is 0.262. The molecule has 1 heterocycles. The van der Waals surface area contributed by atoms with E-state index in [1.807, 2.05) is 24.3 Å². The minimum absolute atomic E-state index is 0.0450. The number of anilines is 1. The van der Waals surface area contributed by atoms with Crippen LogP contribution in [0.2, 0.25) is 0 Å². The first-order valence-electron chi connectivity index (χ1n) is 7.01. The van der Waals surface area contributed by atoms with Crippen molar-refractivity contribution in [2.45, 2.75) is 11.3 Å². The third-order valence-electron chi connectivity index (χ3n) is 3.13. The van der Waals surface area contributed by atoms with Crippen molar-refractivity contribution in [1.29, 1.82) is 0 Å². The number of ketones is 1. The summed E-state index contributed by atoms with van der Waals surface area (Å²) >= 11 is 3.05. The number of rotatable bonds is 5. The number of nitrogens with one attached hydrogen (secondary N) is 1. The van der Waals surface area contributed by atoms with Crippen molar-refractivity contribution < 1.29 is 9.59 Å². The number of carbonyl (C=O) groups excluding carboxylic acids is 2. The van der Waals surface area contributed by atoms with Gasteiger partial charge in [-0.1, -0.05) is 23.9 Å². The Morgan fingerprint density at radius 1 is 1.13 bits per heavy atom. The second-order valence-electron chi connectivity index (χ2n) is 4.92. The zero-order valence-corrected chi connectivity index (χ0v) is 14.0. The molecule has 0 atom stereocenters. The molecule has 0 fully saturated rings. The molecule has 0 radical (unpaired) electrons. The molecule has 0 bridgehead atoms. The Labute approximate surface area is 141 Å². The van der Waals surface area contributed by atoms with Gasteiger partial charge in [-0.25, -0.2) is 4.98 Å². The number of thiazole rings is 1. The van der Waals surface area contributed by atoms with Gasteiger partial charge in [-0.05, 0) is 36.4 Å². The van der Waals surface area contributed by atoms with Gasteiger partial charge in [-0.3, -0.25) is 9.59 Å². The molecule has 0 aliphatic heterocycles. The first-order chi connectivity index (χ1) is 11.1. The van der Waals surface area contributed by atoms with E-state index in [4.69, 9.17) is 0 Å². The summed E-state index contributed by atoms with van der Waals surface area (Å²) < 4.78 is 2.02. The van der Waals surface area contributed by atoms with Crippen molar-refractivity contribution in [3.63, 3.8) is 0 Å². The van der Waals surface area contributed by atoms with Gasteiger partial charge >= 0.3 is 0 Å². The molecule has 1 aromatic heterocycles. The monoisotopic (exact) mass is 342 g/mol. The molecule has 0 spiro atoms. The molecular formula is C17H14N2O2S2. The van der Waals surface area contributed by atoms with Gasteiger partial charge in [0.1, 0.15) is 0 Å². The highest BCUT2D eigenvalue weighted by Crippen LogP contribution is 2.29. The highest BCUT2D eigenvalue weighted by atomic mass is 32.2.